The number of carbonyl (C=O) groups is 2. The van der Waals surface area contributed by atoms with Gasteiger partial charge in [-0.2, -0.15) is 0 Å². The number of rotatable bonds is 5. The van der Waals surface area contributed by atoms with Crippen molar-refractivity contribution in [3.63, 3.8) is 0 Å². The monoisotopic (exact) mass is 252 g/mol. The zero-order chi connectivity index (χ0) is 13.5. The number of pyridine rings is 1. The Labute approximate surface area is 105 Å². The van der Waals surface area contributed by atoms with Crippen LogP contribution >= 0.6 is 0 Å². The highest BCUT2D eigenvalue weighted by Gasteiger charge is 2.17. The average molecular weight is 252 g/mol. The van der Waals surface area contributed by atoms with Gasteiger partial charge in [0, 0.05) is 19.8 Å². The summed E-state index contributed by atoms with van der Waals surface area (Å²) >= 11 is 0. The second kappa shape index (κ2) is 6.58. The second-order valence-corrected chi connectivity index (χ2v) is 3.65. The number of aromatic nitrogens is 1. The summed E-state index contributed by atoms with van der Waals surface area (Å²) in [4.78, 5) is 28.2. The molecule has 0 aliphatic rings. The third kappa shape index (κ3) is 3.73. The van der Waals surface area contributed by atoms with Gasteiger partial charge < -0.3 is 14.7 Å². The Balaban J connectivity index is 2.57. The number of esters is 1. The van der Waals surface area contributed by atoms with E-state index in [4.69, 9.17) is 4.74 Å². The van der Waals surface area contributed by atoms with Gasteiger partial charge in [-0.15, -0.1) is 0 Å². The van der Waals surface area contributed by atoms with Crippen LogP contribution in [0.2, 0.25) is 0 Å². The van der Waals surface area contributed by atoms with Gasteiger partial charge in [-0.25, -0.2) is 4.98 Å². The number of hydrogen-bond acceptors (Lipinski definition) is 5. The summed E-state index contributed by atoms with van der Waals surface area (Å²) in [6.45, 7) is 2.25. The third-order valence-electron chi connectivity index (χ3n) is 2.29. The summed E-state index contributed by atoms with van der Waals surface area (Å²) < 4.78 is 4.76. The molecule has 0 bridgehead atoms. The molecule has 0 aromatic carbocycles. The van der Waals surface area contributed by atoms with E-state index in [0.29, 0.717) is 6.61 Å². The van der Waals surface area contributed by atoms with Gasteiger partial charge in [0.1, 0.15) is 5.75 Å². The summed E-state index contributed by atoms with van der Waals surface area (Å²) in [6, 6.07) is 2.92. The summed E-state index contributed by atoms with van der Waals surface area (Å²) in [5.41, 5.74) is -0.0242. The van der Waals surface area contributed by atoms with Crippen molar-refractivity contribution in [1.82, 2.24) is 9.88 Å². The Morgan fingerprint density at radius 1 is 1.50 bits per heavy atom. The summed E-state index contributed by atoms with van der Waals surface area (Å²) in [7, 11) is 1.54. The van der Waals surface area contributed by atoms with E-state index < -0.39 is 5.91 Å². The molecule has 0 saturated carbocycles. The minimum atomic E-state index is -0.433. The molecule has 0 fully saturated rings. The van der Waals surface area contributed by atoms with E-state index in [2.05, 4.69) is 4.98 Å². The molecule has 1 rings (SSSR count). The van der Waals surface area contributed by atoms with Crippen LogP contribution in [0.25, 0.3) is 0 Å². The predicted octanol–water partition coefficient (Wildman–Crippen LogP) is 0.812. The molecule has 98 valence electrons. The molecule has 18 heavy (non-hydrogen) atoms. The van der Waals surface area contributed by atoms with Crippen molar-refractivity contribution in [2.45, 2.75) is 13.3 Å². The molecule has 1 N–H and O–H groups in total. The quantitative estimate of drug-likeness (QED) is 0.784. The van der Waals surface area contributed by atoms with Crippen LogP contribution in [-0.2, 0) is 9.53 Å². The largest absolute Gasteiger partial charge is 0.505 e. The van der Waals surface area contributed by atoms with Gasteiger partial charge in [0.15, 0.2) is 5.69 Å². The smallest absolute Gasteiger partial charge is 0.307 e. The van der Waals surface area contributed by atoms with Crippen LogP contribution in [-0.4, -0.2) is 47.1 Å². The van der Waals surface area contributed by atoms with Crippen molar-refractivity contribution in [1.29, 1.82) is 0 Å². The molecule has 0 atom stereocenters. The third-order valence-corrected chi connectivity index (χ3v) is 2.29. The molecule has 1 aromatic heterocycles. The lowest BCUT2D eigenvalue weighted by atomic mass is 10.3. The van der Waals surface area contributed by atoms with E-state index >= 15 is 0 Å². The fourth-order valence-electron chi connectivity index (χ4n) is 1.34. The van der Waals surface area contributed by atoms with Crippen molar-refractivity contribution < 1.29 is 19.4 Å². The standard InChI is InChI=1S/C12H16N2O4/c1-3-18-10(16)6-8-14(2)12(17)11-9(15)5-4-7-13-11/h4-5,7,15H,3,6,8H2,1-2H3. The van der Waals surface area contributed by atoms with Crippen LogP contribution in [0, 0.1) is 0 Å². The number of carbonyl (C=O) groups excluding carboxylic acids is 2. The maximum atomic E-state index is 11.9. The highest BCUT2D eigenvalue weighted by atomic mass is 16.5. The molecule has 0 saturated heterocycles. The van der Waals surface area contributed by atoms with Gasteiger partial charge in [-0.1, -0.05) is 0 Å². The molecule has 1 aromatic rings. The normalized spacial score (nSPS) is 9.89. The van der Waals surface area contributed by atoms with Crippen LogP contribution in [0.3, 0.4) is 0 Å². The first-order chi connectivity index (χ1) is 8.56. The number of ether oxygens (including phenoxy) is 1. The molecular weight excluding hydrogens is 236 g/mol. The van der Waals surface area contributed by atoms with Crippen molar-refractivity contribution >= 4 is 11.9 Å². The second-order valence-electron chi connectivity index (χ2n) is 3.65. The maximum Gasteiger partial charge on any atom is 0.307 e. The van der Waals surface area contributed by atoms with Crippen molar-refractivity contribution in [2.24, 2.45) is 0 Å². The minimum Gasteiger partial charge on any atom is -0.505 e. The highest BCUT2D eigenvalue weighted by molar-refractivity contribution is 5.94. The predicted molar refractivity (Wildman–Crippen MR) is 64.1 cm³/mol. The van der Waals surface area contributed by atoms with E-state index in [1.54, 1.807) is 6.92 Å². The van der Waals surface area contributed by atoms with E-state index in [-0.39, 0.29) is 30.4 Å². The summed E-state index contributed by atoms with van der Waals surface area (Å²) in [5.74, 6) is -0.967. The number of aromatic hydroxyl groups is 1. The fourth-order valence-corrected chi connectivity index (χ4v) is 1.34. The lowest BCUT2D eigenvalue weighted by Gasteiger charge is -2.16. The lowest BCUT2D eigenvalue weighted by Crippen LogP contribution is -2.30. The van der Waals surface area contributed by atoms with Crippen LogP contribution in [0.1, 0.15) is 23.8 Å². The lowest BCUT2D eigenvalue weighted by molar-refractivity contribution is -0.143. The first kappa shape index (κ1) is 14.0. The van der Waals surface area contributed by atoms with Crippen LogP contribution in [0.5, 0.6) is 5.75 Å². The van der Waals surface area contributed by atoms with Gasteiger partial charge in [-0.05, 0) is 19.1 Å². The molecule has 6 heteroatoms. The molecule has 0 spiro atoms. The Hall–Kier alpha value is -2.11. The zero-order valence-electron chi connectivity index (χ0n) is 10.4. The van der Waals surface area contributed by atoms with Crippen LogP contribution < -0.4 is 0 Å². The number of hydrogen-bond donors (Lipinski definition) is 1. The SMILES string of the molecule is CCOC(=O)CCN(C)C(=O)c1ncccc1O. The van der Waals surface area contributed by atoms with Crippen molar-refractivity contribution in [2.75, 3.05) is 20.2 Å². The Morgan fingerprint density at radius 3 is 2.83 bits per heavy atom. The fraction of sp³-hybridized carbons (Fsp3) is 0.417. The summed E-state index contributed by atoms with van der Waals surface area (Å²) in [5, 5.41) is 9.49. The molecule has 0 unspecified atom stereocenters. The Morgan fingerprint density at radius 2 is 2.22 bits per heavy atom. The van der Waals surface area contributed by atoms with Crippen LogP contribution in [0.4, 0.5) is 0 Å². The molecule has 1 heterocycles. The Bertz CT molecular complexity index is 434. The van der Waals surface area contributed by atoms with Gasteiger partial charge in [0.2, 0.25) is 0 Å². The van der Waals surface area contributed by atoms with E-state index in [1.807, 2.05) is 0 Å². The Kier molecular flexibility index (Phi) is 5.10. The average Bonchev–Trinajstić information content (AvgIpc) is 2.36. The van der Waals surface area contributed by atoms with Crippen molar-refractivity contribution in [3.05, 3.63) is 24.0 Å². The van der Waals surface area contributed by atoms with Gasteiger partial charge >= 0.3 is 5.97 Å². The highest BCUT2D eigenvalue weighted by Crippen LogP contribution is 2.14. The van der Waals surface area contributed by atoms with E-state index in [1.165, 1.54) is 30.3 Å². The van der Waals surface area contributed by atoms with Crippen LogP contribution in [0.15, 0.2) is 18.3 Å². The summed E-state index contributed by atoms with van der Waals surface area (Å²) in [6.07, 6.45) is 1.54. The zero-order valence-corrected chi connectivity index (χ0v) is 10.4. The molecule has 0 radical (unpaired) electrons. The van der Waals surface area contributed by atoms with Gasteiger partial charge in [0.25, 0.3) is 5.91 Å². The molecule has 0 aliphatic heterocycles. The first-order valence-corrected chi connectivity index (χ1v) is 5.61. The van der Waals surface area contributed by atoms with Gasteiger partial charge in [-0.3, -0.25) is 9.59 Å². The molecule has 0 aliphatic carbocycles. The number of nitrogens with zero attached hydrogens (tertiary/aromatic N) is 2. The molecular formula is C12H16N2O4. The van der Waals surface area contributed by atoms with E-state index in [0.717, 1.165) is 0 Å². The van der Waals surface area contributed by atoms with E-state index in [9.17, 15) is 14.7 Å². The maximum absolute atomic E-state index is 11.9. The minimum absolute atomic E-state index is 0.0242. The molecule has 6 nitrogen and oxygen atoms in total. The number of amides is 1. The first-order valence-electron chi connectivity index (χ1n) is 5.61. The topological polar surface area (TPSA) is 79.7 Å². The molecule has 1 amide bonds. The van der Waals surface area contributed by atoms with Crippen molar-refractivity contribution in [3.8, 4) is 5.75 Å². The van der Waals surface area contributed by atoms with Gasteiger partial charge in [0.05, 0.1) is 13.0 Å².